The molecule has 5 rings (SSSR count). The minimum absolute atomic E-state index is 0.00923. The second kappa shape index (κ2) is 13.5. The first-order valence-electron chi connectivity index (χ1n) is 15.2. The lowest BCUT2D eigenvalue weighted by Gasteiger charge is -2.54. The Morgan fingerprint density at radius 1 is 0.955 bits per heavy atom. The quantitative estimate of drug-likeness (QED) is 0.112. The highest BCUT2D eigenvalue weighted by molar-refractivity contribution is 5.86. The maximum atomic E-state index is 13.1. The van der Waals surface area contributed by atoms with Gasteiger partial charge in [0, 0.05) is 56.5 Å². The van der Waals surface area contributed by atoms with Crippen molar-refractivity contribution in [3.05, 3.63) is 0 Å². The van der Waals surface area contributed by atoms with Crippen molar-refractivity contribution < 1.29 is 54.8 Å². The normalized spacial score (nSPS) is 51.7. The summed E-state index contributed by atoms with van der Waals surface area (Å²) in [6, 6.07) is -4.46. The van der Waals surface area contributed by atoms with Gasteiger partial charge in [-0.25, -0.2) is 0 Å². The molecule has 0 spiro atoms. The van der Waals surface area contributed by atoms with E-state index in [9.17, 15) is 40.5 Å². The van der Waals surface area contributed by atoms with E-state index in [0.29, 0.717) is 13.1 Å². The Balaban J connectivity index is 1.44. The summed E-state index contributed by atoms with van der Waals surface area (Å²) >= 11 is 0. The average molecular weight is 636 g/mol. The van der Waals surface area contributed by atoms with E-state index in [-0.39, 0.29) is 37.9 Å². The number of amides is 1. The second-order valence-electron chi connectivity index (χ2n) is 13.0. The SMILES string of the molecule is NCC1OC(C2C(N)CC(NC(=O)C3(O)CC(N)C3)C(OC3OC(CO)C(O)C(N)C3O)C2O)C(NC2CNC2)C(O)C1O. The summed E-state index contributed by atoms with van der Waals surface area (Å²) in [5, 5.41) is 84.4. The van der Waals surface area contributed by atoms with Crippen LogP contribution in [0, 0.1) is 5.92 Å². The van der Waals surface area contributed by atoms with Crippen LogP contribution in [0.2, 0.25) is 0 Å². The molecule has 15 unspecified atom stereocenters. The highest BCUT2D eigenvalue weighted by Gasteiger charge is 2.57. The molecule has 44 heavy (non-hydrogen) atoms. The molecule has 5 fully saturated rings. The molecule has 0 aromatic heterocycles. The van der Waals surface area contributed by atoms with Crippen LogP contribution in [0.25, 0.3) is 0 Å². The number of aliphatic hydroxyl groups excluding tert-OH is 6. The Kier molecular flexibility index (Phi) is 10.5. The molecule has 15 atom stereocenters. The summed E-state index contributed by atoms with van der Waals surface area (Å²) < 4.78 is 17.9. The first kappa shape index (κ1) is 34.2. The molecular weight excluding hydrogens is 586 g/mol. The molecule has 5 aliphatic rings. The van der Waals surface area contributed by atoms with Crippen LogP contribution in [0.1, 0.15) is 19.3 Å². The third-order valence-electron chi connectivity index (χ3n) is 9.92. The number of ether oxygens (including phenoxy) is 3. The number of nitrogens with two attached hydrogens (primary N) is 4. The highest BCUT2D eigenvalue weighted by atomic mass is 16.7. The zero-order valence-corrected chi connectivity index (χ0v) is 24.3. The zero-order valence-electron chi connectivity index (χ0n) is 24.3. The minimum Gasteiger partial charge on any atom is -0.394 e. The molecule has 0 aromatic carbocycles. The zero-order chi connectivity index (χ0) is 32.1. The lowest BCUT2D eigenvalue weighted by molar-refractivity contribution is -0.308. The fourth-order valence-electron chi connectivity index (χ4n) is 7.12. The number of hydrogen-bond acceptors (Lipinski definition) is 17. The summed E-state index contributed by atoms with van der Waals surface area (Å²) in [4.78, 5) is 13.1. The highest BCUT2D eigenvalue weighted by Crippen LogP contribution is 2.38. The van der Waals surface area contributed by atoms with Crippen LogP contribution in [0.4, 0.5) is 0 Å². The van der Waals surface area contributed by atoms with E-state index in [1.165, 1.54) is 0 Å². The van der Waals surface area contributed by atoms with Gasteiger partial charge in [-0.1, -0.05) is 0 Å². The third-order valence-corrected chi connectivity index (χ3v) is 9.92. The van der Waals surface area contributed by atoms with Gasteiger partial charge < -0.3 is 88.8 Å². The number of rotatable bonds is 9. The monoisotopic (exact) mass is 635 g/mol. The predicted octanol–water partition coefficient (Wildman–Crippen LogP) is -8.44. The molecule has 3 aliphatic heterocycles. The van der Waals surface area contributed by atoms with Gasteiger partial charge in [0.2, 0.25) is 0 Å². The molecule has 0 aromatic rings. The van der Waals surface area contributed by atoms with Gasteiger partial charge in [0.05, 0.1) is 43.0 Å². The lowest BCUT2D eigenvalue weighted by Crippen LogP contribution is -2.74. The number of aliphatic hydroxyl groups is 7. The van der Waals surface area contributed by atoms with Crippen LogP contribution in [-0.2, 0) is 19.0 Å². The van der Waals surface area contributed by atoms with Crippen molar-refractivity contribution in [3.8, 4) is 0 Å². The molecule has 0 radical (unpaired) electrons. The summed E-state index contributed by atoms with van der Waals surface area (Å²) in [7, 11) is 0. The largest absolute Gasteiger partial charge is 0.394 e. The molecule has 18 heteroatoms. The smallest absolute Gasteiger partial charge is 0.252 e. The predicted molar refractivity (Wildman–Crippen MR) is 150 cm³/mol. The van der Waals surface area contributed by atoms with Crippen molar-refractivity contribution in [1.29, 1.82) is 0 Å². The van der Waals surface area contributed by atoms with Gasteiger partial charge in [-0.15, -0.1) is 0 Å². The van der Waals surface area contributed by atoms with E-state index in [4.69, 9.17) is 37.1 Å². The van der Waals surface area contributed by atoms with Crippen molar-refractivity contribution in [1.82, 2.24) is 16.0 Å². The molecule has 2 aliphatic carbocycles. The van der Waals surface area contributed by atoms with Crippen molar-refractivity contribution >= 4 is 5.91 Å². The van der Waals surface area contributed by atoms with E-state index < -0.39 is 109 Å². The Morgan fingerprint density at radius 2 is 1.64 bits per heavy atom. The van der Waals surface area contributed by atoms with Gasteiger partial charge in [0.15, 0.2) is 6.29 Å². The van der Waals surface area contributed by atoms with Crippen LogP contribution in [-0.4, -0.2) is 171 Å². The Bertz CT molecular complexity index is 992. The molecular formula is C26H49N7O11. The van der Waals surface area contributed by atoms with Crippen LogP contribution in [0.15, 0.2) is 0 Å². The van der Waals surface area contributed by atoms with Crippen molar-refractivity contribution in [2.24, 2.45) is 28.9 Å². The maximum Gasteiger partial charge on any atom is 0.252 e. The van der Waals surface area contributed by atoms with E-state index in [1.807, 2.05) is 0 Å². The Hall–Kier alpha value is -1.17. The van der Waals surface area contributed by atoms with Gasteiger partial charge in [-0.2, -0.15) is 0 Å². The summed E-state index contributed by atoms with van der Waals surface area (Å²) in [5.74, 6) is -1.71. The van der Waals surface area contributed by atoms with Crippen molar-refractivity contribution in [2.45, 2.75) is 122 Å². The molecule has 0 bridgehead atoms. The minimum atomic E-state index is -1.72. The van der Waals surface area contributed by atoms with Gasteiger partial charge >= 0.3 is 0 Å². The molecule has 3 heterocycles. The van der Waals surface area contributed by atoms with Crippen molar-refractivity contribution in [3.63, 3.8) is 0 Å². The molecule has 2 saturated carbocycles. The Labute approximate surface area is 254 Å². The lowest BCUT2D eigenvalue weighted by atomic mass is 9.70. The van der Waals surface area contributed by atoms with Gasteiger partial charge in [0.1, 0.15) is 42.2 Å². The van der Waals surface area contributed by atoms with E-state index in [0.717, 1.165) is 0 Å². The standard InChI is InChI=1S/C26H49N7O11/c27-4-12-18(36)21(39)16(32-9-5-31-6-9)23(42-12)14-10(29)1-11(33-25(40)26(41)2-8(28)3-26)22(19(14)37)44-24-20(38)15(30)17(35)13(7-34)43-24/h8-24,31-32,34-39,41H,1-7,27-30H2,(H,33,40). The first-order valence-corrected chi connectivity index (χ1v) is 15.2. The topological polar surface area (TPSA) is 327 Å². The van der Waals surface area contributed by atoms with E-state index in [1.54, 1.807) is 0 Å². The van der Waals surface area contributed by atoms with Crippen LogP contribution in [0.5, 0.6) is 0 Å². The number of carbonyl (C=O) groups excluding carboxylic acids is 1. The second-order valence-corrected chi connectivity index (χ2v) is 13.0. The molecule has 18 N–H and O–H groups in total. The number of carbonyl (C=O) groups is 1. The fourth-order valence-corrected chi connectivity index (χ4v) is 7.12. The van der Waals surface area contributed by atoms with E-state index >= 15 is 0 Å². The van der Waals surface area contributed by atoms with Crippen LogP contribution >= 0.6 is 0 Å². The van der Waals surface area contributed by atoms with E-state index in [2.05, 4.69) is 16.0 Å². The molecule has 3 saturated heterocycles. The molecule has 18 nitrogen and oxygen atoms in total. The number of nitrogens with one attached hydrogen (secondary N) is 3. The number of hydrogen-bond donors (Lipinski definition) is 14. The van der Waals surface area contributed by atoms with Gasteiger partial charge in [-0.3, -0.25) is 4.79 Å². The summed E-state index contributed by atoms with van der Waals surface area (Å²) in [6.07, 6.45) is -13.2. The average Bonchev–Trinajstić information content (AvgIpc) is 2.94. The van der Waals surface area contributed by atoms with Crippen LogP contribution < -0.4 is 38.9 Å². The molecule has 1 amide bonds. The van der Waals surface area contributed by atoms with Gasteiger partial charge in [0.25, 0.3) is 5.91 Å². The summed E-state index contributed by atoms with van der Waals surface area (Å²) in [6.45, 7) is 0.435. The fraction of sp³-hybridized carbons (Fsp3) is 0.962. The Morgan fingerprint density at radius 3 is 2.20 bits per heavy atom. The first-order chi connectivity index (χ1) is 20.8. The third kappa shape index (κ3) is 6.37. The summed E-state index contributed by atoms with van der Waals surface area (Å²) in [5.41, 5.74) is 22.5. The van der Waals surface area contributed by atoms with Gasteiger partial charge in [-0.05, 0) is 6.42 Å². The van der Waals surface area contributed by atoms with Crippen LogP contribution in [0.3, 0.4) is 0 Å². The molecule has 254 valence electrons. The van der Waals surface area contributed by atoms with Crippen molar-refractivity contribution in [2.75, 3.05) is 26.2 Å². The maximum absolute atomic E-state index is 13.1.